The number of imidazole rings is 1. The SMILES string of the molecule is CCc1nn2c(COC)c(C)nc2s1. The number of aryl methyl sites for hydroxylation is 2. The maximum Gasteiger partial charge on any atom is 0.212 e. The largest absolute Gasteiger partial charge is 0.378 e. The van der Waals surface area contributed by atoms with Gasteiger partial charge >= 0.3 is 0 Å². The molecule has 5 heteroatoms. The summed E-state index contributed by atoms with van der Waals surface area (Å²) in [5.41, 5.74) is 2.06. The van der Waals surface area contributed by atoms with Crippen LogP contribution in [-0.2, 0) is 17.8 Å². The lowest BCUT2D eigenvalue weighted by molar-refractivity contribution is 0.179. The molecule has 0 saturated heterocycles. The van der Waals surface area contributed by atoms with Gasteiger partial charge < -0.3 is 4.74 Å². The van der Waals surface area contributed by atoms with Crippen LogP contribution in [0.3, 0.4) is 0 Å². The molecule has 0 N–H and O–H groups in total. The van der Waals surface area contributed by atoms with Crippen molar-refractivity contribution in [1.29, 1.82) is 0 Å². The van der Waals surface area contributed by atoms with Crippen LogP contribution in [-0.4, -0.2) is 21.7 Å². The summed E-state index contributed by atoms with van der Waals surface area (Å²) in [5.74, 6) is 0. The van der Waals surface area contributed by atoms with Gasteiger partial charge in [0.2, 0.25) is 4.96 Å². The van der Waals surface area contributed by atoms with E-state index in [0.717, 1.165) is 27.8 Å². The Bertz CT molecular complexity index is 446. The highest BCUT2D eigenvalue weighted by atomic mass is 32.1. The lowest BCUT2D eigenvalue weighted by Gasteiger charge is -1.96. The fourth-order valence-electron chi connectivity index (χ4n) is 1.38. The van der Waals surface area contributed by atoms with Crippen LogP contribution in [0.5, 0.6) is 0 Å². The van der Waals surface area contributed by atoms with E-state index in [1.165, 1.54) is 0 Å². The molecule has 0 aliphatic carbocycles. The van der Waals surface area contributed by atoms with Crippen molar-refractivity contribution in [2.24, 2.45) is 0 Å². The molecule has 0 bridgehead atoms. The Morgan fingerprint density at radius 2 is 2.29 bits per heavy atom. The summed E-state index contributed by atoms with van der Waals surface area (Å²) in [4.78, 5) is 5.40. The van der Waals surface area contributed by atoms with Gasteiger partial charge in [-0.25, -0.2) is 9.50 Å². The van der Waals surface area contributed by atoms with Crippen molar-refractivity contribution in [2.45, 2.75) is 26.9 Å². The first-order valence-corrected chi connectivity index (χ1v) is 5.40. The van der Waals surface area contributed by atoms with Crippen LogP contribution in [0.2, 0.25) is 0 Å². The van der Waals surface area contributed by atoms with E-state index in [1.807, 2.05) is 11.4 Å². The minimum absolute atomic E-state index is 0.569. The van der Waals surface area contributed by atoms with Crippen LogP contribution in [0.1, 0.15) is 23.3 Å². The van der Waals surface area contributed by atoms with E-state index < -0.39 is 0 Å². The van der Waals surface area contributed by atoms with Gasteiger partial charge in [-0.3, -0.25) is 0 Å². The molecule has 0 unspecified atom stereocenters. The smallest absolute Gasteiger partial charge is 0.212 e. The Kier molecular flexibility index (Phi) is 2.52. The standard InChI is InChI=1S/C9H13N3OS/c1-4-8-11-12-7(5-13-3)6(2)10-9(12)14-8/h4-5H2,1-3H3. The molecule has 76 valence electrons. The van der Waals surface area contributed by atoms with Gasteiger partial charge in [0, 0.05) is 7.11 Å². The Labute approximate surface area is 86.5 Å². The van der Waals surface area contributed by atoms with Crippen LogP contribution in [0, 0.1) is 6.92 Å². The molecule has 14 heavy (non-hydrogen) atoms. The van der Waals surface area contributed by atoms with Crippen LogP contribution in [0.15, 0.2) is 0 Å². The number of methoxy groups -OCH3 is 1. The van der Waals surface area contributed by atoms with Crippen molar-refractivity contribution in [3.8, 4) is 0 Å². The molecule has 0 aromatic carbocycles. The molecule has 0 aliphatic heterocycles. The second-order valence-corrected chi connectivity index (χ2v) is 4.16. The average Bonchev–Trinajstić information content (AvgIpc) is 2.67. The summed E-state index contributed by atoms with van der Waals surface area (Å²) in [6, 6.07) is 0. The summed E-state index contributed by atoms with van der Waals surface area (Å²) in [6.45, 7) is 4.66. The van der Waals surface area contributed by atoms with E-state index in [2.05, 4.69) is 17.0 Å². The Balaban J connectivity index is 2.54. The number of aromatic nitrogens is 3. The zero-order valence-corrected chi connectivity index (χ0v) is 9.39. The molecule has 0 radical (unpaired) electrons. The lowest BCUT2D eigenvalue weighted by atomic mass is 10.4. The van der Waals surface area contributed by atoms with E-state index in [9.17, 15) is 0 Å². The van der Waals surface area contributed by atoms with Crippen molar-refractivity contribution in [3.63, 3.8) is 0 Å². The summed E-state index contributed by atoms with van der Waals surface area (Å²) in [7, 11) is 1.69. The van der Waals surface area contributed by atoms with Crippen molar-refractivity contribution in [1.82, 2.24) is 14.6 Å². The number of hydrogen-bond donors (Lipinski definition) is 0. The minimum Gasteiger partial charge on any atom is -0.378 e. The van der Waals surface area contributed by atoms with Crippen molar-refractivity contribution in [3.05, 3.63) is 16.4 Å². The van der Waals surface area contributed by atoms with Crippen molar-refractivity contribution < 1.29 is 4.74 Å². The number of fused-ring (bicyclic) bond motifs is 1. The highest BCUT2D eigenvalue weighted by molar-refractivity contribution is 7.16. The summed E-state index contributed by atoms with van der Waals surface area (Å²) in [6.07, 6.45) is 0.958. The van der Waals surface area contributed by atoms with Crippen LogP contribution in [0.4, 0.5) is 0 Å². The maximum atomic E-state index is 5.12. The second-order valence-electron chi connectivity index (χ2n) is 3.12. The first-order chi connectivity index (χ1) is 6.76. The predicted octanol–water partition coefficient (Wildman–Crippen LogP) is 1.81. The molecule has 0 atom stereocenters. The molecule has 0 spiro atoms. The van der Waals surface area contributed by atoms with Crippen molar-refractivity contribution >= 4 is 16.3 Å². The van der Waals surface area contributed by atoms with E-state index >= 15 is 0 Å². The third-order valence-corrected chi connectivity index (χ3v) is 3.17. The molecule has 0 amide bonds. The quantitative estimate of drug-likeness (QED) is 0.777. The van der Waals surface area contributed by atoms with Gasteiger partial charge in [0.05, 0.1) is 18.0 Å². The number of ether oxygens (including phenoxy) is 1. The summed E-state index contributed by atoms with van der Waals surface area (Å²) < 4.78 is 7.01. The number of nitrogens with zero attached hydrogens (tertiary/aromatic N) is 3. The van der Waals surface area contributed by atoms with Gasteiger partial charge in [-0.1, -0.05) is 18.3 Å². The molecule has 0 saturated carbocycles. The molecule has 2 rings (SSSR count). The average molecular weight is 211 g/mol. The molecule has 2 aromatic rings. The highest BCUT2D eigenvalue weighted by Crippen LogP contribution is 2.19. The van der Waals surface area contributed by atoms with Gasteiger partial charge in [0.25, 0.3) is 0 Å². The second kappa shape index (κ2) is 3.67. The predicted molar refractivity (Wildman–Crippen MR) is 55.7 cm³/mol. The lowest BCUT2D eigenvalue weighted by Crippen LogP contribution is -1.97. The minimum atomic E-state index is 0.569. The third kappa shape index (κ3) is 1.42. The van der Waals surface area contributed by atoms with E-state index in [1.54, 1.807) is 18.4 Å². The molecular weight excluding hydrogens is 198 g/mol. The maximum absolute atomic E-state index is 5.12. The zero-order valence-electron chi connectivity index (χ0n) is 8.57. The molecule has 0 aliphatic rings. The Morgan fingerprint density at radius 3 is 2.93 bits per heavy atom. The Hall–Kier alpha value is -0.940. The monoisotopic (exact) mass is 211 g/mol. The van der Waals surface area contributed by atoms with Gasteiger partial charge in [0.15, 0.2) is 0 Å². The van der Waals surface area contributed by atoms with Crippen LogP contribution < -0.4 is 0 Å². The fourth-order valence-corrected chi connectivity index (χ4v) is 2.27. The Morgan fingerprint density at radius 1 is 1.50 bits per heavy atom. The van der Waals surface area contributed by atoms with Gasteiger partial charge in [-0.05, 0) is 13.3 Å². The fraction of sp³-hybridized carbons (Fsp3) is 0.556. The van der Waals surface area contributed by atoms with E-state index in [-0.39, 0.29) is 0 Å². The van der Waals surface area contributed by atoms with Crippen molar-refractivity contribution in [2.75, 3.05) is 7.11 Å². The summed E-state index contributed by atoms with van der Waals surface area (Å²) in [5, 5.41) is 5.58. The molecule has 0 fully saturated rings. The first kappa shape index (κ1) is 9.61. The third-order valence-electron chi connectivity index (χ3n) is 2.12. The van der Waals surface area contributed by atoms with Gasteiger partial charge in [-0.15, -0.1) is 0 Å². The van der Waals surface area contributed by atoms with Gasteiger partial charge in [-0.2, -0.15) is 5.10 Å². The zero-order chi connectivity index (χ0) is 10.1. The number of hydrogen-bond acceptors (Lipinski definition) is 4. The molecular formula is C9H13N3OS. The summed E-state index contributed by atoms with van der Waals surface area (Å²) >= 11 is 1.64. The molecule has 4 nitrogen and oxygen atoms in total. The molecule has 2 heterocycles. The number of rotatable bonds is 3. The van der Waals surface area contributed by atoms with Gasteiger partial charge in [0.1, 0.15) is 5.01 Å². The first-order valence-electron chi connectivity index (χ1n) is 4.59. The van der Waals surface area contributed by atoms with E-state index in [0.29, 0.717) is 6.61 Å². The van der Waals surface area contributed by atoms with Crippen LogP contribution in [0.25, 0.3) is 4.96 Å². The van der Waals surface area contributed by atoms with E-state index in [4.69, 9.17) is 4.74 Å². The topological polar surface area (TPSA) is 39.4 Å². The normalized spacial score (nSPS) is 11.4. The molecule has 2 aromatic heterocycles. The highest BCUT2D eigenvalue weighted by Gasteiger charge is 2.12. The van der Waals surface area contributed by atoms with Crippen LogP contribution >= 0.6 is 11.3 Å².